The maximum Gasteiger partial charge on any atom is 0.235 e. The van der Waals surface area contributed by atoms with E-state index in [1.807, 2.05) is 6.92 Å². The second-order valence-electron chi connectivity index (χ2n) is 7.21. The van der Waals surface area contributed by atoms with Gasteiger partial charge >= 0.3 is 0 Å². The van der Waals surface area contributed by atoms with Crippen LogP contribution >= 0.6 is 0 Å². The molecule has 1 amide bonds. The van der Waals surface area contributed by atoms with Gasteiger partial charge in [-0.2, -0.15) is 5.26 Å². The molecular weight excluding hydrogens is 278 g/mol. The van der Waals surface area contributed by atoms with Crippen LogP contribution in [0.4, 0.5) is 0 Å². The first-order valence-electron chi connectivity index (χ1n) is 8.62. The highest BCUT2D eigenvalue weighted by molar-refractivity contribution is 5.79. The Kier molecular flexibility index (Phi) is 5.82. The van der Waals surface area contributed by atoms with Crippen LogP contribution in [0.5, 0.6) is 0 Å². The number of carbonyl (C=O) groups is 1. The van der Waals surface area contributed by atoms with E-state index in [0.29, 0.717) is 5.92 Å². The van der Waals surface area contributed by atoms with E-state index in [-0.39, 0.29) is 19.1 Å². The van der Waals surface area contributed by atoms with E-state index in [4.69, 9.17) is 0 Å². The second kappa shape index (κ2) is 7.43. The van der Waals surface area contributed by atoms with Gasteiger partial charge in [-0.05, 0) is 51.4 Å². The van der Waals surface area contributed by atoms with E-state index in [2.05, 4.69) is 16.7 Å². The van der Waals surface area contributed by atoms with Crippen molar-refractivity contribution in [3.8, 4) is 6.07 Å². The molecule has 22 heavy (non-hydrogen) atoms. The summed E-state index contributed by atoms with van der Waals surface area (Å²) < 4.78 is 0. The minimum absolute atomic E-state index is 0.0361. The minimum Gasteiger partial charge on any atom is -0.394 e. The van der Waals surface area contributed by atoms with Crippen LogP contribution in [0.3, 0.4) is 0 Å². The van der Waals surface area contributed by atoms with Crippen LogP contribution in [0, 0.1) is 17.2 Å². The summed E-state index contributed by atoms with van der Waals surface area (Å²) in [5, 5.41) is 25.3. The molecule has 0 spiro atoms. The van der Waals surface area contributed by atoms with Gasteiger partial charge in [-0.15, -0.1) is 0 Å². The average Bonchev–Trinajstić information content (AvgIpc) is 3.02. The number of aliphatic hydroxyl groups excluding tert-OH is 1. The van der Waals surface area contributed by atoms with E-state index in [0.717, 1.165) is 38.5 Å². The fourth-order valence-electron chi connectivity index (χ4n) is 3.91. The van der Waals surface area contributed by atoms with E-state index in [1.165, 1.54) is 19.3 Å². The molecule has 5 nitrogen and oxygen atoms in total. The number of nitrogens with one attached hydrogen (secondary N) is 2. The van der Waals surface area contributed by atoms with Gasteiger partial charge in [0, 0.05) is 5.54 Å². The molecule has 3 N–H and O–H groups in total. The lowest BCUT2D eigenvalue weighted by atomic mass is 9.76. The zero-order valence-corrected chi connectivity index (χ0v) is 13.7. The Balaban J connectivity index is 1.87. The number of hydrogen-bond donors (Lipinski definition) is 3. The highest BCUT2D eigenvalue weighted by atomic mass is 16.3. The van der Waals surface area contributed by atoms with Crippen molar-refractivity contribution in [2.75, 3.05) is 13.2 Å². The predicted octanol–water partition coefficient (Wildman–Crippen LogP) is 1.86. The summed E-state index contributed by atoms with van der Waals surface area (Å²) in [5.74, 6) is 0.273. The Morgan fingerprint density at radius 3 is 2.45 bits per heavy atom. The molecule has 0 saturated heterocycles. The second-order valence-corrected chi connectivity index (χ2v) is 7.21. The van der Waals surface area contributed by atoms with E-state index in [1.54, 1.807) is 0 Å². The van der Waals surface area contributed by atoms with Gasteiger partial charge in [-0.3, -0.25) is 4.79 Å². The van der Waals surface area contributed by atoms with Crippen molar-refractivity contribution in [2.24, 2.45) is 5.92 Å². The highest BCUT2D eigenvalue weighted by Crippen LogP contribution is 2.32. The number of nitriles is 1. The van der Waals surface area contributed by atoms with Gasteiger partial charge in [-0.25, -0.2) is 0 Å². The maximum atomic E-state index is 12.2. The average molecular weight is 307 g/mol. The number of hydrogen-bond acceptors (Lipinski definition) is 4. The van der Waals surface area contributed by atoms with Crippen LogP contribution in [-0.4, -0.2) is 35.2 Å². The normalized spacial score (nSPS) is 24.4. The smallest absolute Gasteiger partial charge is 0.235 e. The monoisotopic (exact) mass is 307 g/mol. The molecule has 1 atom stereocenters. The van der Waals surface area contributed by atoms with Crippen molar-refractivity contribution < 1.29 is 9.90 Å². The topological polar surface area (TPSA) is 85.2 Å². The highest BCUT2D eigenvalue weighted by Gasteiger charge is 2.37. The first-order valence-corrected chi connectivity index (χ1v) is 8.62. The number of rotatable bonds is 6. The van der Waals surface area contributed by atoms with Gasteiger partial charge < -0.3 is 15.7 Å². The van der Waals surface area contributed by atoms with Crippen LogP contribution in [0.25, 0.3) is 0 Å². The van der Waals surface area contributed by atoms with Crippen molar-refractivity contribution in [3.05, 3.63) is 0 Å². The molecule has 2 rings (SSSR count). The third-order valence-electron chi connectivity index (χ3n) is 5.54. The molecule has 0 unspecified atom stereocenters. The van der Waals surface area contributed by atoms with E-state index in [9.17, 15) is 15.2 Å². The summed E-state index contributed by atoms with van der Waals surface area (Å²) in [7, 11) is 0. The number of carbonyl (C=O) groups excluding carboxylic acids is 1. The fraction of sp³-hybridized carbons (Fsp3) is 0.882. The lowest BCUT2D eigenvalue weighted by Gasteiger charge is -2.39. The summed E-state index contributed by atoms with van der Waals surface area (Å²) in [6, 6.07) is 2.27. The van der Waals surface area contributed by atoms with Crippen LogP contribution in [0.1, 0.15) is 64.7 Å². The lowest BCUT2D eigenvalue weighted by molar-refractivity contribution is -0.122. The molecule has 0 bridgehead atoms. The third-order valence-corrected chi connectivity index (χ3v) is 5.54. The summed E-state index contributed by atoms with van der Waals surface area (Å²) in [6.45, 7) is 2.21. The molecule has 5 heteroatoms. The van der Waals surface area contributed by atoms with Gasteiger partial charge in [0.15, 0.2) is 0 Å². The molecule has 124 valence electrons. The zero-order valence-electron chi connectivity index (χ0n) is 13.7. The summed E-state index contributed by atoms with van der Waals surface area (Å²) >= 11 is 0. The SMILES string of the molecule is C[C@](CO)(NCC(=O)NC1(C#N)CCCC1)C1CCCCC1. The Bertz CT molecular complexity index is 420. The van der Waals surface area contributed by atoms with Crippen LogP contribution in [-0.2, 0) is 4.79 Å². The Morgan fingerprint density at radius 1 is 1.27 bits per heavy atom. The molecular formula is C17H29N3O2. The standard InChI is InChI=1S/C17H29N3O2/c1-16(13-21,14-7-3-2-4-8-14)19-11-15(22)20-17(12-18)9-5-6-10-17/h14,19,21H,2-11,13H2,1H3,(H,20,22)/t16-/m1/s1. The Morgan fingerprint density at radius 2 is 1.91 bits per heavy atom. The van der Waals surface area contributed by atoms with Gasteiger partial charge in [0.1, 0.15) is 5.54 Å². The predicted molar refractivity (Wildman–Crippen MR) is 85.0 cm³/mol. The number of nitrogens with zero attached hydrogens (tertiary/aromatic N) is 1. The fourth-order valence-corrected chi connectivity index (χ4v) is 3.91. The molecule has 2 aliphatic carbocycles. The molecule has 0 heterocycles. The van der Waals surface area contributed by atoms with Crippen molar-refractivity contribution in [2.45, 2.75) is 75.8 Å². The zero-order chi connectivity index (χ0) is 16.1. The molecule has 2 saturated carbocycles. The number of aliphatic hydroxyl groups is 1. The quantitative estimate of drug-likeness (QED) is 0.699. The minimum atomic E-state index is -0.667. The molecule has 0 radical (unpaired) electrons. The molecule has 2 fully saturated rings. The number of amides is 1. The first kappa shape index (κ1) is 17.2. The Hall–Kier alpha value is -1.12. The van der Waals surface area contributed by atoms with Gasteiger partial charge in [0.25, 0.3) is 0 Å². The van der Waals surface area contributed by atoms with Crippen molar-refractivity contribution in [1.29, 1.82) is 5.26 Å². The van der Waals surface area contributed by atoms with Crippen molar-refractivity contribution >= 4 is 5.91 Å². The molecule has 0 aromatic carbocycles. The van der Waals surface area contributed by atoms with Crippen LogP contribution < -0.4 is 10.6 Å². The molecule has 0 aromatic heterocycles. The molecule has 0 aromatic rings. The van der Waals surface area contributed by atoms with Gasteiger partial charge in [-0.1, -0.05) is 19.3 Å². The Labute approximate surface area is 133 Å². The van der Waals surface area contributed by atoms with E-state index >= 15 is 0 Å². The third kappa shape index (κ3) is 3.99. The molecule has 2 aliphatic rings. The van der Waals surface area contributed by atoms with Gasteiger partial charge in [0.05, 0.1) is 19.2 Å². The van der Waals surface area contributed by atoms with Crippen LogP contribution in [0.15, 0.2) is 0 Å². The summed E-state index contributed by atoms with van der Waals surface area (Å²) in [4.78, 5) is 12.2. The molecule has 0 aliphatic heterocycles. The largest absolute Gasteiger partial charge is 0.394 e. The van der Waals surface area contributed by atoms with Crippen molar-refractivity contribution in [3.63, 3.8) is 0 Å². The van der Waals surface area contributed by atoms with Crippen LogP contribution in [0.2, 0.25) is 0 Å². The maximum absolute atomic E-state index is 12.2. The lowest BCUT2D eigenvalue weighted by Crippen LogP contribution is -2.57. The van der Waals surface area contributed by atoms with E-state index < -0.39 is 11.1 Å². The summed E-state index contributed by atoms with van der Waals surface area (Å²) in [6.07, 6.45) is 9.36. The summed E-state index contributed by atoms with van der Waals surface area (Å²) in [5.41, 5.74) is -1.08. The van der Waals surface area contributed by atoms with Crippen molar-refractivity contribution in [1.82, 2.24) is 10.6 Å². The first-order chi connectivity index (χ1) is 10.5. The van der Waals surface area contributed by atoms with Gasteiger partial charge in [0.2, 0.25) is 5.91 Å².